The van der Waals surface area contributed by atoms with Crippen LogP contribution in [0.4, 0.5) is 0 Å². The van der Waals surface area contributed by atoms with Crippen LogP contribution in [0.25, 0.3) is 0 Å². The van der Waals surface area contributed by atoms with Gasteiger partial charge >= 0.3 is 5.97 Å². The Hall–Kier alpha value is -0.860. The van der Waals surface area contributed by atoms with Gasteiger partial charge in [-0.1, -0.05) is 13.8 Å². The molecule has 0 aliphatic carbocycles. The lowest BCUT2D eigenvalue weighted by Crippen LogP contribution is -2.23. The van der Waals surface area contributed by atoms with Crippen LogP contribution in [-0.4, -0.2) is 23.3 Å². The molecule has 0 spiro atoms. The minimum absolute atomic E-state index is 0.0636. The van der Waals surface area contributed by atoms with Crippen molar-refractivity contribution in [1.29, 1.82) is 0 Å². The van der Waals surface area contributed by atoms with E-state index in [9.17, 15) is 4.79 Å². The summed E-state index contributed by atoms with van der Waals surface area (Å²) in [6.07, 6.45) is 1.53. The highest BCUT2D eigenvalue weighted by molar-refractivity contribution is 5.76. The number of carbonyl (C=O) groups is 1. The van der Waals surface area contributed by atoms with Crippen molar-refractivity contribution in [1.82, 2.24) is 0 Å². The van der Waals surface area contributed by atoms with Crippen LogP contribution >= 0.6 is 0 Å². The maximum absolute atomic E-state index is 10.4. The van der Waals surface area contributed by atoms with E-state index in [-0.39, 0.29) is 5.92 Å². The van der Waals surface area contributed by atoms with Crippen LogP contribution in [0.1, 0.15) is 20.8 Å². The lowest BCUT2D eigenvalue weighted by atomic mass is 10.1. The predicted octanol–water partition coefficient (Wildman–Crippen LogP) is 1.19. The highest BCUT2D eigenvalue weighted by Crippen LogP contribution is 2.05. The molecule has 0 radical (unpaired) electrons. The van der Waals surface area contributed by atoms with E-state index in [4.69, 9.17) is 5.11 Å². The molecule has 0 aliphatic heterocycles. The lowest BCUT2D eigenvalue weighted by molar-refractivity contribution is -0.139. The average molecular weight is 143 g/mol. The molecule has 3 heteroatoms. The minimum atomic E-state index is -0.854. The molecule has 0 bridgehead atoms. The standard InChI is InChI=1S/C7H13NO2/c1-4-8-6(5(2)3)7(9)10/h4-6H,1-3H3,(H,9,10). The van der Waals surface area contributed by atoms with Gasteiger partial charge in [-0.2, -0.15) is 0 Å². The molecular weight excluding hydrogens is 130 g/mol. The number of nitrogens with zero attached hydrogens (tertiary/aromatic N) is 1. The zero-order valence-corrected chi connectivity index (χ0v) is 6.53. The van der Waals surface area contributed by atoms with E-state index in [2.05, 4.69) is 4.99 Å². The molecule has 0 rings (SSSR count). The third-order valence-corrected chi connectivity index (χ3v) is 1.19. The van der Waals surface area contributed by atoms with Gasteiger partial charge in [-0.3, -0.25) is 4.99 Å². The number of hydrogen-bond acceptors (Lipinski definition) is 2. The van der Waals surface area contributed by atoms with Crippen molar-refractivity contribution in [2.24, 2.45) is 10.9 Å². The van der Waals surface area contributed by atoms with Crippen molar-refractivity contribution in [3.05, 3.63) is 0 Å². The fourth-order valence-corrected chi connectivity index (χ4v) is 0.682. The molecule has 3 nitrogen and oxygen atoms in total. The van der Waals surface area contributed by atoms with Gasteiger partial charge in [0.05, 0.1) is 0 Å². The molecule has 1 atom stereocenters. The summed E-state index contributed by atoms with van der Waals surface area (Å²) in [5.41, 5.74) is 0. The lowest BCUT2D eigenvalue weighted by Gasteiger charge is -2.09. The summed E-state index contributed by atoms with van der Waals surface area (Å²) in [6.45, 7) is 5.40. The first-order chi connectivity index (χ1) is 4.59. The summed E-state index contributed by atoms with van der Waals surface area (Å²) in [5, 5.41) is 8.56. The van der Waals surface area contributed by atoms with E-state index in [1.165, 1.54) is 6.21 Å². The Morgan fingerprint density at radius 1 is 1.60 bits per heavy atom. The topological polar surface area (TPSA) is 49.7 Å². The molecule has 0 aromatic rings. The zero-order valence-electron chi connectivity index (χ0n) is 6.53. The summed E-state index contributed by atoms with van der Waals surface area (Å²) >= 11 is 0. The van der Waals surface area contributed by atoms with Gasteiger partial charge in [-0.25, -0.2) is 4.79 Å². The van der Waals surface area contributed by atoms with Gasteiger partial charge in [-0.15, -0.1) is 0 Å². The van der Waals surface area contributed by atoms with E-state index in [1.807, 2.05) is 13.8 Å². The molecule has 0 aromatic heterocycles. The monoisotopic (exact) mass is 143 g/mol. The fraction of sp³-hybridized carbons (Fsp3) is 0.714. The predicted molar refractivity (Wildman–Crippen MR) is 40.4 cm³/mol. The minimum Gasteiger partial charge on any atom is -0.480 e. The van der Waals surface area contributed by atoms with Gasteiger partial charge in [0.2, 0.25) is 0 Å². The molecule has 10 heavy (non-hydrogen) atoms. The van der Waals surface area contributed by atoms with E-state index in [0.29, 0.717) is 0 Å². The van der Waals surface area contributed by atoms with Crippen LogP contribution < -0.4 is 0 Å². The smallest absolute Gasteiger partial charge is 0.328 e. The largest absolute Gasteiger partial charge is 0.480 e. The molecule has 0 saturated carbocycles. The quantitative estimate of drug-likeness (QED) is 0.603. The Labute approximate surface area is 60.8 Å². The van der Waals surface area contributed by atoms with Gasteiger partial charge in [0.25, 0.3) is 0 Å². The van der Waals surface area contributed by atoms with Gasteiger partial charge in [0.1, 0.15) is 6.04 Å². The molecule has 0 aliphatic rings. The number of aliphatic imine (C=N–C) groups is 1. The maximum Gasteiger partial charge on any atom is 0.328 e. The Balaban J connectivity index is 4.12. The number of carboxylic acid groups (broad SMARTS) is 1. The van der Waals surface area contributed by atoms with Crippen LogP contribution in [0.2, 0.25) is 0 Å². The highest BCUT2D eigenvalue weighted by Gasteiger charge is 2.18. The van der Waals surface area contributed by atoms with E-state index in [1.54, 1.807) is 6.92 Å². The number of hydrogen-bond donors (Lipinski definition) is 1. The average Bonchev–Trinajstić information content (AvgIpc) is 1.81. The van der Waals surface area contributed by atoms with Crippen LogP contribution in [0, 0.1) is 5.92 Å². The van der Waals surface area contributed by atoms with Gasteiger partial charge in [0, 0.05) is 0 Å². The summed E-state index contributed by atoms with van der Waals surface area (Å²) < 4.78 is 0. The number of carboxylic acids is 1. The van der Waals surface area contributed by atoms with Crippen LogP contribution in [-0.2, 0) is 4.79 Å². The second-order valence-corrected chi connectivity index (χ2v) is 2.43. The normalized spacial score (nSPS) is 14.4. The zero-order chi connectivity index (χ0) is 8.15. The third-order valence-electron chi connectivity index (χ3n) is 1.19. The second-order valence-electron chi connectivity index (χ2n) is 2.43. The van der Waals surface area contributed by atoms with Crippen molar-refractivity contribution < 1.29 is 9.90 Å². The van der Waals surface area contributed by atoms with Crippen molar-refractivity contribution in [3.8, 4) is 0 Å². The van der Waals surface area contributed by atoms with Gasteiger partial charge < -0.3 is 5.11 Å². The Kier molecular flexibility index (Phi) is 3.69. The fourth-order valence-electron chi connectivity index (χ4n) is 0.682. The molecule has 58 valence electrons. The van der Waals surface area contributed by atoms with Crippen molar-refractivity contribution >= 4 is 12.2 Å². The Morgan fingerprint density at radius 2 is 2.10 bits per heavy atom. The van der Waals surface area contributed by atoms with Crippen molar-refractivity contribution in [2.75, 3.05) is 0 Å². The molecule has 1 N–H and O–H groups in total. The SMILES string of the molecule is CC=NC(C(=O)O)C(C)C. The Bertz CT molecular complexity index is 141. The summed E-state index contributed by atoms with van der Waals surface area (Å²) in [7, 11) is 0. The molecule has 0 saturated heterocycles. The second kappa shape index (κ2) is 4.04. The maximum atomic E-state index is 10.4. The third kappa shape index (κ3) is 2.62. The van der Waals surface area contributed by atoms with Gasteiger partial charge in [0.15, 0.2) is 0 Å². The molecule has 0 aromatic carbocycles. The first-order valence-electron chi connectivity index (χ1n) is 3.30. The van der Waals surface area contributed by atoms with Crippen LogP contribution in [0.5, 0.6) is 0 Å². The molecule has 0 heterocycles. The summed E-state index contributed by atoms with van der Waals surface area (Å²) in [4.78, 5) is 14.2. The number of rotatable bonds is 3. The number of aliphatic carboxylic acids is 1. The molecular formula is C7H13NO2. The van der Waals surface area contributed by atoms with Gasteiger partial charge in [-0.05, 0) is 19.1 Å². The first kappa shape index (κ1) is 9.14. The Morgan fingerprint density at radius 3 is 2.20 bits per heavy atom. The first-order valence-corrected chi connectivity index (χ1v) is 3.30. The summed E-state index contributed by atoms with van der Waals surface area (Å²) in [6, 6.07) is -0.579. The summed E-state index contributed by atoms with van der Waals surface area (Å²) in [5.74, 6) is -0.790. The van der Waals surface area contributed by atoms with Crippen molar-refractivity contribution in [2.45, 2.75) is 26.8 Å². The van der Waals surface area contributed by atoms with E-state index < -0.39 is 12.0 Å². The molecule has 1 unspecified atom stereocenters. The highest BCUT2D eigenvalue weighted by atomic mass is 16.4. The molecule has 0 amide bonds. The van der Waals surface area contributed by atoms with Crippen LogP contribution in [0.3, 0.4) is 0 Å². The van der Waals surface area contributed by atoms with E-state index >= 15 is 0 Å². The van der Waals surface area contributed by atoms with Crippen molar-refractivity contribution in [3.63, 3.8) is 0 Å². The molecule has 0 fully saturated rings. The van der Waals surface area contributed by atoms with Crippen LogP contribution in [0.15, 0.2) is 4.99 Å². The van der Waals surface area contributed by atoms with E-state index in [0.717, 1.165) is 0 Å².